The molecule has 0 aliphatic rings. The first-order valence-corrected chi connectivity index (χ1v) is 10.5. The molecule has 0 nitrogen and oxygen atoms in total. The maximum absolute atomic E-state index is 2.40. The quantitative estimate of drug-likeness (QED) is 0.722. The van der Waals surface area contributed by atoms with Crippen LogP contribution in [0.3, 0.4) is 0 Å². The zero-order chi connectivity index (χ0) is 14.0. The predicted octanol–water partition coefficient (Wildman–Crippen LogP) is 4.44. The van der Waals surface area contributed by atoms with Crippen molar-refractivity contribution in [2.45, 2.75) is 39.9 Å². The van der Waals surface area contributed by atoms with Gasteiger partial charge < -0.3 is 0 Å². The van der Waals surface area contributed by atoms with E-state index in [4.69, 9.17) is 0 Å². The molecule has 0 aliphatic heterocycles. The Labute approximate surface area is 118 Å². The average Bonchev–Trinajstić information content (AvgIpc) is 2.33. The van der Waals surface area contributed by atoms with Crippen LogP contribution in [-0.4, -0.2) is 8.07 Å². The monoisotopic (exact) mass is 268 g/mol. The highest BCUT2D eigenvalue weighted by molar-refractivity contribution is 6.88. The number of hydrogen-bond donors (Lipinski definition) is 0. The van der Waals surface area contributed by atoms with Gasteiger partial charge >= 0.3 is 0 Å². The molecule has 0 saturated carbocycles. The van der Waals surface area contributed by atoms with Gasteiger partial charge in [0, 0.05) is 0 Å². The van der Waals surface area contributed by atoms with Gasteiger partial charge in [0.05, 0.1) is 8.07 Å². The van der Waals surface area contributed by atoms with E-state index in [-0.39, 0.29) is 0 Å². The van der Waals surface area contributed by atoms with Crippen molar-refractivity contribution in [2.24, 2.45) is 0 Å². The summed E-state index contributed by atoms with van der Waals surface area (Å²) in [5.41, 5.74) is 5.69. The van der Waals surface area contributed by atoms with Gasteiger partial charge in [-0.05, 0) is 42.5 Å². The average molecular weight is 268 g/mol. The number of rotatable bonds is 3. The summed E-state index contributed by atoms with van der Waals surface area (Å²) in [4.78, 5) is 0. The van der Waals surface area contributed by atoms with Crippen LogP contribution in [0.1, 0.15) is 22.3 Å². The summed E-state index contributed by atoms with van der Waals surface area (Å²) in [6.45, 7) is 11.6. The van der Waals surface area contributed by atoms with Gasteiger partial charge in [-0.3, -0.25) is 0 Å². The van der Waals surface area contributed by atoms with Crippen LogP contribution < -0.4 is 5.19 Å². The Hall–Kier alpha value is -1.34. The molecule has 0 heterocycles. The second-order valence-corrected chi connectivity index (χ2v) is 11.6. The lowest BCUT2D eigenvalue weighted by molar-refractivity contribution is 1.12. The SMILES string of the molecule is Cc1cccc(C)c1Cc1ccc([Si](C)(C)C)cc1. The lowest BCUT2D eigenvalue weighted by atomic mass is 9.96. The van der Waals surface area contributed by atoms with E-state index in [0.29, 0.717) is 0 Å². The van der Waals surface area contributed by atoms with Crippen molar-refractivity contribution in [3.63, 3.8) is 0 Å². The zero-order valence-electron chi connectivity index (χ0n) is 12.7. The summed E-state index contributed by atoms with van der Waals surface area (Å²) in [7, 11) is -1.17. The topological polar surface area (TPSA) is 0 Å². The third-order valence-corrected chi connectivity index (χ3v) is 5.91. The number of aryl methyl sites for hydroxylation is 2. The molecule has 0 radical (unpaired) electrons. The molecule has 0 bridgehead atoms. The van der Waals surface area contributed by atoms with Crippen molar-refractivity contribution >= 4 is 13.3 Å². The molecule has 0 atom stereocenters. The maximum Gasteiger partial charge on any atom is 0.0775 e. The fourth-order valence-electron chi connectivity index (χ4n) is 2.45. The van der Waals surface area contributed by atoms with Crippen LogP contribution in [-0.2, 0) is 6.42 Å². The van der Waals surface area contributed by atoms with Crippen LogP contribution in [0.2, 0.25) is 19.6 Å². The first-order valence-electron chi connectivity index (χ1n) is 7.02. The normalized spacial score (nSPS) is 11.6. The van der Waals surface area contributed by atoms with E-state index < -0.39 is 8.07 Å². The van der Waals surface area contributed by atoms with Crippen molar-refractivity contribution in [2.75, 3.05) is 0 Å². The molecular weight excluding hydrogens is 244 g/mol. The lowest BCUT2D eigenvalue weighted by Gasteiger charge is -2.17. The third kappa shape index (κ3) is 3.36. The Kier molecular flexibility index (Phi) is 3.95. The van der Waals surface area contributed by atoms with Crippen LogP contribution >= 0.6 is 0 Å². The molecule has 0 aliphatic carbocycles. The van der Waals surface area contributed by atoms with Gasteiger partial charge in [-0.25, -0.2) is 0 Å². The van der Waals surface area contributed by atoms with E-state index in [1.54, 1.807) is 0 Å². The van der Waals surface area contributed by atoms with Gasteiger partial charge in [-0.1, -0.05) is 67.3 Å². The van der Waals surface area contributed by atoms with E-state index in [9.17, 15) is 0 Å². The molecule has 1 heteroatoms. The Morgan fingerprint density at radius 3 is 1.79 bits per heavy atom. The number of hydrogen-bond acceptors (Lipinski definition) is 0. The largest absolute Gasteiger partial charge is 0.0775 e. The molecule has 0 N–H and O–H groups in total. The second-order valence-electron chi connectivity index (χ2n) is 6.49. The zero-order valence-corrected chi connectivity index (χ0v) is 13.7. The molecule has 0 saturated heterocycles. The molecule has 0 spiro atoms. The van der Waals surface area contributed by atoms with Crippen molar-refractivity contribution in [3.05, 3.63) is 64.7 Å². The first-order chi connectivity index (χ1) is 8.88. The standard InChI is InChI=1S/C18H24Si/c1-14-7-6-8-15(2)18(14)13-16-9-11-17(12-10-16)19(3,4)5/h6-12H,13H2,1-5H3. The Bertz CT molecular complexity index is 539. The van der Waals surface area contributed by atoms with Crippen LogP contribution in [0.5, 0.6) is 0 Å². The minimum absolute atomic E-state index is 1.05. The number of benzene rings is 2. The molecular formula is C18H24Si. The summed E-state index contributed by atoms with van der Waals surface area (Å²) >= 11 is 0. The van der Waals surface area contributed by atoms with Crippen LogP contribution in [0.15, 0.2) is 42.5 Å². The predicted molar refractivity (Wildman–Crippen MR) is 88.1 cm³/mol. The molecule has 2 aromatic rings. The summed E-state index contributed by atoms with van der Waals surface area (Å²) in [6.07, 6.45) is 1.05. The lowest BCUT2D eigenvalue weighted by Crippen LogP contribution is -2.37. The Morgan fingerprint density at radius 2 is 1.32 bits per heavy atom. The summed E-state index contributed by atoms with van der Waals surface area (Å²) in [6, 6.07) is 15.8. The molecule has 0 unspecified atom stereocenters. The fourth-order valence-corrected chi connectivity index (χ4v) is 3.62. The van der Waals surface area contributed by atoms with Gasteiger partial charge in [0.2, 0.25) is 0 Å². The van der Waals surface area contributed by atoms with Crippen LogP contribution in [0, 0.1) is 13.8 Å². The third-order valence-electron chi connectivity index (χ3n) is 3.85. The van der Waals surface area contributed by atoms with Gasteiger partial charge in [0.25, 0.3) is 0 Å². The molecule has 2 rings (SSSR count). The molecule has 0 fully saturated rings. The van der Waals surface area contributed by atoms with Gasteiger partial charge in [-0.2, -0.15) is 0 Å². The fraction of sp³-hybridized carbons (Fsp3) is 0.333. The minimum Gasteiger partial charge on any atom is -0.0656 e. The highest BCUT2D eigenvalue weighted by atomic mass is 28.3. The molecule has 19 heavy (non-hydrogen) atoms. The summed E-state index contributed by atoms with van der Waals surface area (Å²) in [5, 5.41) is 1.54. The van der Waals surface area contributed by atoms with Crippen molar-refractivity contribution in [1.82, 2.24) is 0 Å². The maximum atomic E-state index is 2.40. The van der Waals surface area contributed by atoms with E-state index in [1.807, 2.05) is 0 Å². The Balaban J connectivity index is 2.25. The summed E-state index contributed by atoms with van der Waals surface area (Å²) in [5.74, 6) is 0. The molecule has 100 valence electrons. The van der Waals surface area contributed by atoms with Crippen LogP contribution in [0.25, 0.3) is 0 Å². The van der Waals surface area contributed by atoms with Crippen molar-refractivity contribution in [3.8, 4) is 0 Å². The molecule has 0 aromatic heterocycles. The van der Waals surface area contributed by atoms with E-state index in [0.717, 1.165) is 6.42 Å². The minimum atomic E-state index is -1.17. The van der Waals surface area contributed by atoms with Crippen LogP contribution in [0.4, 0.5) is 0 Å². The second kappa shape index (κ2) is 5.34. The van der Waals surface area contributed by atoms with Gasteiger partial charge in [0.1, 0.15) is 0 Å². The highest BCUT2D eigenvalue weighted by Crippen LogP contribution is 2.18. The smallest absolute Gasteiger partial charge is 0.0656 e. The van der Waals surface area contributed by atoms with Gasteiger partial charge in [-0.15, -0.1) is 0 Å². The van der Waals surface area contributed by atoms with E-state index >= 15 is 0 Å². The first kappa shape index (κ1) is 14.1. The summed E-state index contributed by atoms with van der Waals surface area (Å²) < 4.78 is 0. The van der Waals surface area contributed by atoms with Crippen molar-refractivity contribution < 1.29 is 0 Å². The molecule has 0 amide bonds. The molecule has 2 aromatic carbocycles. The Morgan fingerprint density at radius 1 is 0.789 bits per heavy atom. The van der Waals surface area contributed by atoms with E-state index in [1.165, 1.54) is 27.4 Å². The van der Waals surface area contributed by atoms with Crippen molar-refractivity contribution in [1.29, 1.82) is 0 Å². The van der Waals surface area contributed by atoms with Gasteiger partial charge in [0.15, 0.2) is 0 Å². The highest BCUT2D eigenvalue weighted by Gasteiger charge is 2.15. The van der Waals surface area contributed by atoms with E-state index in [2.05, 4.69) is 76.0 Å².